The molecule has 0 spiro atoms. The number of rotatable bonds is 4. The predicted octanol–water partition coefficient (Wildman–Crippen LogP) is 5.02. The SMILES string of the molecule is Cc1ccc(CC(=O)CC2(C)CCC(C)CC2)c(C)c1. The van der Waals surface area contributed by atoms with E-state index in [1.807, 2.05) is 0 Å². The molecular formula is C19H28O. The molecular weight excluding hydrogens is 244 g/mol. The average molecular weight is 272 g/mol. The lowest BCUT2D eigenvalue weighted by Gasteiger charge is -2.36. The summed E-state index contributed by atoms with van der Waals surface area (Å²) in [6.07, 6.45) is 6.37. The predicted molar refractivity (Wildman–Crippen MR) is 85.0 cm³/mol. The van der Waals surface area contributed by atoms with E-state index < -0.39 is 0 Å². The minimum Gasteiger partial charge on any atom is -0.299 e. The Morgan fingerprint density at radius 3 is 2.50 bits per heavy atom. The first-order valence-corrected chi connectivity index (χ1v) is 7.96. The second-order valence-electron chi connectivity index (χ2n) is 7.32. The molecule has 20 heavy (non-hydrogen) atoms. The minimum atomic E-state index is 0.252. The van der Waals surface area contributed by atoms with Crippen LogP contribution in [-0.4, -0.2) is 5.78 Å². The molecule has 0 aromatic heterocycles. The van der Waals surface area contributed by atoms with Crippen LogP contribution in [0.4, 0.5) is 0 Å². The fourth-order valence-electron chi connectivity index (χ4n) is 3.43. The number of Topliss-reactive ketones (excluding diaryl/α,β-unsaturated/α-hetero) is 1. The smallest absolute Gasteiger partial charge is 0.137 e. The van der Waals surface area contributed by atoms with Gasteiger partial charge in [-0.05, 0) is 49.1 Å². The van der Waals surface area contributed by atoms with E-state index in [4.69, 9.17) is 0 Å². The Hall–Kier alpha value is -1.11. The van der Waals surface area contributed by atoms with Crippen molar-refractivity contribution in [1.29, 1.82) is 0 Å². The third-order valence-electron chi connectivity index (χ3n) is 4.99. The molecule has 1 heteroatoms. The molecule has 2 rings (SSSR count). The van der Waals surface area contributed by atoms with Gasteiger partial charge in [0.15, 0.2) is 0 Å². The fraction of sp³-hybridized carbons (Fsp3) is 0.632. The number of hydrogen-bond acceptors (Lipinski definition) is 1. The van der Waals surface area contributed by atoms with Crippen molar-refractivity contribution in [2.45, 2.75) is 66.2 Å². The van der Waals surface area contributed by atoms with Gasteiger partial charge in [0.2, 0.25) is 0 Å². The third kappa shape index (κ3) is 3.94. The van der Waals surface area contributed by atoms with Crippen LogP contribution in [0.1, 0.15) is 62.6 Å². The summed E-state index contributed by atoms with van der Waals surface area (Å²) in [5.74, 6) is 1.26. The molecule has 0 heterocycles. The van der Waals surface area contributed by atoms with Crippen molar-refractivity contribution in [3.05, 3.63) is 34.9 Å². The molecule has 110 valence electrons. The molecule has 0 amide bonds. The first-order valence-electron chi connectivity index (χ1n) is 7.96. The molecule has 0 radical (unpaired) electrons. The lowest BCUT2D eigenvalue weighted by molar-refractivity contribution is -0.121. The van der Waals surface area contributed by atoms with Crippen molar-refractivity contribution >= 4 is 5.78 Å². The van der Waals surface area contributed by atoms with Crippen molar-refractivity contribution in [3.8, 4) is 0 Å². The Kier molecular flexibility index (Phi) is 4.67. The van der Waals surface area contributed by atoms with Gasteiger partial charge in [-0.15, -0.1) is 0 Å². The van der Waals surface area contributed by atoms with Crippen LogP contribution in [0.5, 0.6) is 0 Å². The highest BCUT2D eigenvalue weighted by molar-refractivity contribution is 5.81. The van der Waals surface area contributed by atoms with Gasteiger partial charge in [0.25, 0.3) is 0 Å². The molecule has 0 bridgehead atoms. The normalized spacial score (nSPS) is 26.5. The van der Waals surface area contributed by atoms with Crippen molar-refractivity contribution in [3.63, 3.8) is 0 Å². The van der Waals surface area contributed by atoms with Gasteiger partial charge < -0.3 is 0 Å². The number of benzene rings is 1. The Balaban J connectivity index is 1.95. The van der Waals surface area contributed by atoms with Crippen molar-refractivity contribution < 1.29 is 4.79 Å². The summed E-state index contributed by atoms with van der Waals surface area (Å²) in [4.78, 5) is 12.4. The van der Waals surface area contributed by atoms with E-state index in [0.29, 0.717) is 12.2 Å². The fourth-order valence-corrected chi connectivity index (χ4v) is 3.43. The number of carbonyl (C=O) groups is 1. The molecule has 0 N–H and O–H groups in total. The highest BCUT2D eigenvalue weighted by atomic mass is 16.1. The van der Waals surface area contributed by atoms with E-state index in [0.717, 1.165) is 12.3 Å². The summed E-state index contributed by atoms with van der Waals surface area (Å²) in [6.45, 7) is 8.85. The molecule has 1 aliphatic carbocycles. The van der Waals surface area contributed by atoms with Gasteiger partial charge in [0, 0.05) is 12.8 Å². The second-order valence-corrected chi connectivity index (χ2v) is 7.32. The summed E-state index contributed by atoms with van der Waals surface area (Å²) < 4.78 is 0. The maximum atomic E-state index is 12.4. The number of carbonyl (C=O) groups excluding carboxylic acids is 1. The van der Waals surface area contributed by atoms with Crippen LogP contribution in [0, 0.1) is 25.2 Å². The third-order valence-corrected chi connectivity index (χ3v) is 4.99. The van der Waals surface area contributed by atoms with Crippen LogP contribution in [0.3, 0.4) is 0 Å². The maximum absolute atomic E-state index is 12.4. The van der Waals surface area contributed by atoms with E-state index in [9.17, 15) is 4.79 Å². The summed E-state index contributed by atoms with van der Waals surface area (Å²) >= 11 is 0. The molecule has 1 fully saturated rings. The monoisotopic (exact) mass is 272 g/mol. The zero-order valence-electron chi connectivity index (χ0n) is 13.5. The van der Waals surface area contributed by atoms with Crippen molar-refractivity contribution in [2.24, 2.45) is 11.3 Å². The van der Waals surface area contributed by atoms with Crippen LogP contribution in [0.2, 0.25) is 0 Å². The van der Waals surface area contributed by atoms with Gasteiger partial charge in [0.1, 0.15) is 5.78 Å². The lowest BCUT2D eigenvalue weighted by Crippen LogP contribution is -2.27. The van der Waals surface area contributed by atoms with E-state index in [-0.39, 0.29) is 5.41 Å². The van der Waals surface area contributed by atoms with Crippen LogP contribution in [-0.2, 0) is 11.2 Å². The van der Waals surface area contributed by atoms with Crippen molar-refractivity contribution in [2.75, 3.05) is 0 Å². The molecule has 1 nitrogen and oxygen atoms in total. The molecule has 0 saturated heterocycles. The van der Waals surface area contributed by atoms with E-state index in [2.05, 4.69) is 45.9 Å². The average Bonchev–Trinajstić information content (AvgIpc) is 2.37. The first-order chi connectivity index (χ1) is 9.38. The largest absolute Gasteiger partial charge is 0.299 e. The van der Waals surface area contributed by atoms with Gasteiger partial charge in [-0.3, -0.25) is 4.79 Å². The van der Waals surface area contributed by atoms with Gasteiger partial charge in [-0.1, -0.05) is 50.5 Å². The quantitative estimate of drug-likeness (QED) is 0.752. The van der Waals surface area contributed by atoms with E-state index in [1.165, 1.54) is 42.4 Å². The number of aryl methyl sites for hydroxylation is 2. The highest BCUT2D eigenvalue weighted by Crippen LogP contribution is 2.41. The summed E-state index contributed by atoms with van der Waals surface area (Å²) in [6, 6.07) is 6.40. The van der Waals surface area contributed by atoms with Crippen molar-refractivity contribution in [1.82, 2.24) is 0 Å². The summed E-state index contributed by atoms with van der Waals surface area (Å²) in [5.41, 5.74) is 3.98. The van der Waals surface area contributed by atoms with E-state index in [1.54, 1.807) is 0 Å². The topological polar surface area (TPSA) is 17.1 Å². The maximum Gasteiger partial charge on any atom is 0.137 e. The molecule has 1 aromatic carbocycles. The van der Waals surface area contributed by atoms with Gasteiger partial charge in [-0.25, -0.2) is 0 Å². The zero-order chi connectivity index (χ0) is 14.8. The van der Waals surface area contributed by atoms with Crippen LogP contribution >= 0.6 is 0 Å². The molecule has 1 aliphatic rings. The highest BCUT2D eigenvalue weighted by Gasteiger charge is 2.31. The Labute approximate surface area is 123 Å². The second kappa shape index (κ2) is 6.11. The lowest BCUT2D eigenvalue weighted by atomic mass is 9.69. The van der Waals surface area contributed by atoms with E-state index >= 15 is 0 Å². The molecule has 1 saturated carbocycles. The Bertz CT molecular complexity index is 479. The van der Waals surface area contributed by atoms with Gasteiger partial charge in [-0.2, -0.15) is 0 Å². The molecule has 0 aliphatic heterocycles. The number of hydrogen-bond donors (Lipinski definition) is 0. The summed E-state index contributed by atoms with van der Waals surface area (Å²) in [5, 5.41) is 0. The van der Waals surface area contributed by atoms with Crippen LogP contribution in [0.25, 0.3) is 0 Å². The van der Waals surface area contributed by atoms with Crippen LogP contribution in [0.15, 0.2) is 18.2 Å². The Morgan fingerprint density at radius 1 is 1.25 bits per heavy atom. The molecule has 1 aromatic rings. The first kappa shape index (κ1) is 15.3. The zero-order valence-corrected chi connectivity index (χ0v) is 13.5. The Morgan fingerprint density at radius 2 is 1.90 bits per heavy atom. The number of ketones is 1. The molecule has 0 unspecified atom stereocenters. The van der Waals surface area contributed by atoms with Gasteiger partial charge in [0.05, 0.1) is 0 Å². The minimum absolute atomic E-state index is 0.252. The molecule has 0 atom stereocenters. The van der Waals surface area contributed by atoms with Gasteiger partial charge >= 0.3 is 0 Å². The van der Waals surface area contributed by atoms with Crippen LogP contribution < -0.4 is 0 Å². The summed E-state index contributed by atoms with van der Waals surface area (Å²) in [7, 11) is 0. The standard InChI is InChI=1S/C19H28O/c1-14-7-9-19(4,10-8-14)13-18(20)12-17-6-5-15(2)11-16(17)3/h5-6,11,14H,7-10,12-13H2,1-4H3.